The van der Waals surface area contributed by atoms with Crippen molar-refractivity contribution in [2.24, 2.45) is 5.73 Å². The van der Waals surface area contributed by atoms with Gasteiger partial charge in [0.2, 0.25) is 5.91 Å². The molecule has 0 spiro atoms. The molecular weight excluding hydrogens is 354 g/mol. The normalized spacial score (nSPS) is 16.6. The van der Waals surface area contributed by atoms with Crippen LogP contribution in [0.15, 0.2) is 18.2 Å². The number of carbonyl (C=O) groups excluding carboxylic acids is 2. The van der Waals surface area contributed by atoms with Crippen LogP contribution in [0.2, 0.25) is 0 Å². The molecule has 1 aliphatic heterocycles. The van der Waals surface area contributed by atoms with Gasteiger partial charge < -0.3 is 20.7 Å². The van der Waals surface area contributed by atoms with E-state index in [1.54, 1.807) is 0 Å². The first-order chi connectivity index (χ1) is 12.0. The second kappa shape index (κ2) is 11.0. The van der Waals surface area contributed by atoms with Crippen molar-refractivity contribution in [3.05, 3.63) is 29.3 Å². The fourth-order valence-electron chi connectivity index (χ4n) is 3.18. The van der Waals surface area contributed by atoms with Crippen LogP contribution >= 0.6 is 12.4 Å². The average molecular weight is 384 g/mol. The minimum Gasteiger partial charge on any atom is -0.484 e. The van der Waals surface area contributed by atoms with Crippen molar-refractivity contribution in [2.45, 2.75) is 45.6 Å². The molecule has 2 rings (SSSR count). The van der Waals surface area contributed by atoms with E-state index in [0.717, 1.165) is 30.6 Å². The molecule has 3 N–H and O–H groups in total. The lowest BCUT2D eigenvalue weighted by Gasteiger charge is -2.35. The van der Waals surface area contributed by atoms with Gasteiger partial charge in [0, 0.05) is 32.1 Å². The highest BCUT2D eigenvalue weighted by atomic mass is 35.5. The summed E-state index contributed by atoms with van der Waals surface area (Å²) in [6.45, 7) is 5.56. The molecule has 26 heavy (non-hydrogen) atoms. The van der Waals surface area contributed by atoms with E-state index in [-0.39, 0.29) is 36.9 Å². The SMILES string of the molecule is Cc1ccc(OCC(=O)N2CCCCC2CNC(=O)CCN)c(C)c1.Cl. The van der Waals surface area contributed by atoms with Crippen molar-refractivity contribution < 1.29 is 14.3 Å². The molecule has 2 amide bonds. The first kappa shape index (κ1) is 22.3. The summed E-state index contributed by atoms with van der Waals surface area (Å²) in [5, 5.41) is 2.87. The fourth-order valence-corrected chi connectivity index (χ4v) is 3.18. The van der Waals surface area contributed by atoms with Gasteiger partial charge in [-0.05, 0) is 44.7 Å². The van der Waals surface area contributed by atoms with Crippen LogP contribution in [-0.4, -0.2) is 49.0 Å². The summed E-state index contributed by atoms with van der Waals surface area (Å²) in [5.74, 6) is 0.647. The third-order valence-corrected chi connectivity index (χ3v) is 4.54. The second-order valence-electron chi connectivity index (χ2n) is 6.64. The lowest BCUT2D eigenvalue weighted by molar-refractivity contribution is -0.137. The quantitative estimate of drug-likeness (QED) is 0.753. The number of aryl methyl sites for hydroxylation is 2. The Morgan fingerprint density at radius 2 is 2.08 bits per heavy atom. The molecule has 0 saturated carbocycles. The number of nitrogens with one attached hydrogen (secondary N) is 1. The summed E-state index contributed by atoms with van der Waals surface area (Å²) < 4.78 is 5.72. The number of nitrogens with zero attached hydrogens (tertiary/aromatic N) is 1. The van der Waals surface area contributed by atoms with Crippen molar-refractivity contribution in [2.75, 3.05) is 26.2 Å². The van der Waals surface area contributed by atoms with E-state index >= 15 is 0 Å². The van der Waals surface area contributed by atoms with Gasteiger partial charge in [-0.1, -0.05) is 17.7 Å². The van der Waals surface area contributed by atoms with Crippen molar-refractivity contribution in [3.8, 4) is 5.75 Å². The van der Waals surface area contributed by atoms with Gasteiger partial charge in [-0.25, -0.2) is 0 Å². The third kappa shape index (κ3) is 6.50. The van der Waals surface area contributed by atoms with Crippen LogP contribution in [0.1, 0.15) is 36.8 Å². The predicted molar refractivity (Wildman–Crippen MR) is 105 cm³/mol. The van der Waals surface area contributed by atoms with E-state index in [1.807, 2.05) is 36.9 Å². The molecule has 146 valence electrons. The number of hydrogen-bond acceptors (Lipinski definition) is 4. The van der Waals surface area contributed by atoms with Gasteiger partial charge in [-0.2, -0.15) is 0 Å². The van der Waals surface area contributed by atoms with Gasteiger partial charge in [0.05, 0.1) is 0 Å². The summed E-state index contributed by atoms with van der Waals surface area (Å²) in [5.41, 5.74) is 7.58. The lowest BCUT2D eigenvalue weighted by atomic mass is 10.0. The molecule has 1 fully saturated rings. The smallest absolute Gasteiger partial charge is 0.260 e. The van der Waals surface area contributed by atoms with Crippen LogP contribution in [0, 0.1) is 13.8 Å². The number of piperidine rings is 1. The van der Waals surface area contributed by atoms with Crippen LogP contribution in [0.4, 0.5) is 0 Å². The van der Waals surface area contributed by atoms with E-state index in [4.69, 9.17) is 10.5 Å². The van der Waals surface area contributed by atoms with Crippen LogP contribution < -0.4 is 15.8 Å². The van der Waals surface area contributed by atoms with Gasteiger partial charge >= 0.3 is 0 Å². The minimum absolute atomic E-state index is 0. The fraction of sp³-hybridized carbons (Fsp3) is 0.579. The van der Waals surface area contributed by atoms with Crippen LogP contribution in [0.25, 0.3) is 0 Å². The van der Waals surface area contributed by atoms with Crippen molar-refractivity contribution in [1.82, 2.24) is 10.2 Å². The largest absolute Gasteiger partial charge is 0.484 e. The summed E-state index contributed by atoms with van der Waals surface area (Å²) in [4.78, 5) is 26.1. The Morgan fingerprint density at radius 3 is 2.77 bits per heavy atom. The summed E-state index contributed by atoms with van der Waals surface area (Å²) >= 11 is 0. The highest BCUT2D eigenvalue weighted by molar-refractivity contribution is 5.85. The molecule has 0 bridgehead atoms. The Morgan fingerprint density at radius 1 is 1.31 bits per heavy atom. The number of halogens is 1. The van der Waals surface area contributed by atoms with Crippen molar-refractivity contribution in [3.63, 3.8) is 0 Å². The topological polar surface area (TPSA) is 84.7 Å². The number of hydrogen-bond donors (Lipinski definition) is 2. The molecule has 0 radical (unpaired) electrons. The molecule has 1 aromatic carbocycles. The molecule has 1 saturated heterocycles. The minimum atomic E-state index is -0.0630. The van der Waals surface area contributed by atoms with Gasteiger partial charge in [0.15, 0.2) is 6.61 Å². The first-order valence-corrected chi connectivity index (χ1v) is 8.97. The zero-order valence-electron chi connectivity index (χ0n) is 15.6. The van der Waals surface area contributed by atoms with Gasteiger partial charge in [-0.15, -0.1) is 12.4 Å². The number of likely N-dealkylation sites (tertiary alicyclic amines) is 1. The maximum atomic E-state index is 12.6. The average Bonchev–Trinajstić information content (AvgIpc) is 2.59. The summed E-state index contributed by atoms with van der Waals surface area (Å²) in [6, 6.07) is 5.95. The lowest BCUT2D eigenvalue weighted by Crippen LogP contribution is -2.50. The van der Waals surface area contributed by atoms with E-state index in [1.165, 1.54) is 5.56 Å². The Kier molecular flexibility index (Phi) is 9.44. The summed E-state index contributed by atoms with van der Waals surface area (Å²) in [7, 11) is 0. The zero-order chi connectivity index (χ0) is 18.2. The molecule has 1 heterocycles. The maximum absolute atomic E-state index is 12.6. The van der Waals surface area contributed by atoms with Crippen molar-refractivity contribution in [1.29, 1.82) is 0 Å². The molecule has 1 atom stereocenters. The molecule has 6 nitrogen and oxygen atoms in total. The van der Waals surface area contributed by atoms with Crippen LogP contribution in [-0.2, 0) is 9.59 Å². The Bertz CT molecular complexity index is 610. The zero-order valence-corrected chi connectivity index (χ0v) is 16.4. The van der Waals surface area contributed by atoms with Crippen molar-refractivity contribution >= 4 is 24.2 Å². The number of rotatable bonds is 7. The van der Waals surface area contributed by atoms with E-state index < -0.39 is 0 Å². The number of ether oxygens (including phenoxy) is 1. The predicted octanol–water partition coefficient (Wildman–Crippen LogP) is 1.95. The number of carbonyl (C=O) groups is 2. The van der Waals surface area contributed by atoms with Crippen LogP contribution in [0.5, 0.6) is 5.75 Å². The van der Waals surface area contributed by atoms with E-state index in [2.05, 4.69) is 5.32 Å². The first-order valence-electron chi connectivity index (χ1n) is 8.97. The molecule has 7 heteroatoms. The van der Waals surface area contributed by atoms with Gasteiger partial charge in [-0.3, -0.25) is 9.59 Å². The number of amides is 2. The molecule has 1 aliphatic rings. The number of nitrogens with two attached hydrogens (primary N) is 1. The number of benzene rings is 1. The maximum Gasteiger partial charge on any atom is 0.260 e. The standard InChI is InChI=1S/C19H29N3O3.ClH/c1-14-6-7-17(15(2)11-14)25-13-19(24)22-10-4-3-5-16(22)12-21-18(23)8-9-20;/h6-7,11,16H,3-5,8-10,12-13,20H2,1-2H3,(H,21,23);1H. The Balaban J connectivity index is 0.00000338. The molecule has 1 unspecified atom stereocenters. The Hall–Kier alpha value is -1.79. The Labute approximate surface area is 161 Å². The van der Waals surface area contributed by atoms with E-state index in [0.29, 0.717) is 26.1 Å². The van der Waals surface area contributed by atoms with Crippen LogP contribution in [0.3, 0.4) is 0 Å². The van der Waals surface area contributed by atoms with Gasteiger partial charge in [0.25, 0.3) is 5.91 Å². The highest BCUT2D eigenvalue weighted by Gasteiger charge is 2.27. The third-order valence-electron chi connectivity index (χ3n) is 4.54. The van der Waals surface area contributed by atoms with E-state index in [9.17, 15) is 9.59 Å². The monoisotopic (exact) mass is 383 g/mol. The molecule has 0 aliphatic carbocycles. The highest BCUT2D eigenvalue weighted by Crippen LogP contribution is 2.20. The molecule has 1 aromatic rings. The molecule has 0 aromatic heterocycles. The summed E-state index contributed by atoms with van der Waals surface area (Å²) in [6.07, 6.45) is 3.27. The molecular formula is C19H30ClN3O3. The van der Waals surface area contributed by atoms with Gasteiger partial charge in [0.1, 0.15) is 5.75 Å². The second-order valence-corrected chi connectivity index (χ2v) is 6.64.